The molecule has 162 valence electrons. The van der Waals surface area contributed by atoms with Crippen LogP contribution in [0.5, 0.6) is 0 Å². The van der Waals surface area contributed by atoms with Gasteiger partial charge in [0.15, 0.2) is 0 Å². The fourth-order valence-electron chi connectivity index (χ4n) is 3.62. The highest BCUT2D eigenvalue weighted by Crippen LogP contribution is 2.34. The molecule has 29 heavy (non-hydrogen) atoms. The summed E-state index contributed by atoms with van der Waals surface area (Å²) in [5.74, 6) is 0.169. The van der Waals surface area contributed by atoms with Crippen LogP contribution in [0.25, 0.3) is 0 Å². The number of ether oxygens (including phenoxy) is 1. The van der Waals surface area contributed by atoms with Crippen molar-refractivity contribution in [3.05, 3.63) is 45.0 Å². The Morgan fingerprint density at radius 2 is 1.97 bits per heavy atom. The van der Waals surface area contributed by atoms with Crippen LogP contribution in [0.3, 0.4) is 0 Å². The zero-order valence-corrected chi connectivity index (χ0v) is 19.6. The topological polar surface area (TPSA) is 29.5 Å². The minimum Gasteiger partial charge on any atom is -0.385 e. The first-order chi connectivity index (χ1) is 14.0. The van der Waals surface area contributed by atoms with Crippen molar-refractivity contribution in [1.82, 2.24) is 4.90 Å². The highest BCUT2D eigenvalue weighted by molar-refractivity contribution is 6.42. The first kappa shape index (κ1) is 24.2. The predicted molar refractivity (Wildman–Crippen MR) is 123 cm³/mol. The van der Waals surface area contributed by atoms with Gasteiger partial charge in [-0.2, -0.15) is 0 Å². The molecule has 1 aromatic rings. The minimum atomic E-state index is 0.169. The zero-order chi connectivity index (χ0) is 21.2. The number of unbranched alkanes of at least 4 members (excludes halogenated alkanes) is 2. The molecule has 0 bridgehead atoms. The summed E-state index contributed by atoms with van der Waals surface area (Å²) in [6, 6.07) is 4.35. The van der Waals surface area contributed by atoms with Crippen LogP contribution in [-0.2, 0) is 22.5 Å². The van der Waals surface area contributed by atoms with E-state index in [2.05, 4.69) is 26.0 Å². The molecule has 0 aliphatic heterocycles. The molecule has 0 aromatic heterocycles. The smallest absolute Gasteiger partial charge is 0.250 e. The van der Waals surface area contributed by atoms with Crippen molar-refractivity contribution >= 4 is 29.1 Å². The number of carbonyl (C=O) groups is 1. The average Bonchev–Trinajstić information content (AvgIpc) is 3.53. The maximum Gasteiger partial charge on any atom is 0.250 e. The maximum absolute atomic E-state index is 13.4. The van der Waals surface area contributed by atoms with Crippen molar-refractivity contribution in [2.75, 3.05) is 13.7 Å². The SMILES string of the molecule is CC/C=C(/CCCCC)C(=O)N(Cc1cc(CCCOC)cc(Cl)c1Cl)C1CC1. The summed E-state index contributed by atoms with van der Waals surface area (Å²) in [6.45, 7) is 5.52. The number of carbonyl (C=O) groups excluding carboxylic acids is 1. The largest absolute Gasteiger partial charge is 0.385 e. The molecule has 1 fully saturated rings. The Morgan fingerprint density at radius 3 is 2.59 bits per heavy atom. The highest BCUT2D eigenvalue weighted by Gasteiger charge is 2.34. The van der Waals surface area contributed by atoms with Gasteiger partial charge in [0.25, 0.3) is 0 Å². The highest BCUT2D eigenvalue weighted by atomic mass is 35.5. The molecule has 0 N–H and O–H groups in total. The summed E-state index contributed by atoms with van der Waals surface area (Å²) >= 11 is 12.9. The lowest BCUT2D eigenvalue weighted by atomic mass is 10.0. The third kappa shape index (κ3) is 7.62. The normalized spacial score (nSPS) is 14.3. The molecule has 0 unspecified atom stereocenters. The van der Waals surface area contributed by atoms with Gasteiger partial charge in [-0.3, -0.25) is 4.79 Å². The van der Waals surface area contributed by atoms with E-state index in [1.54, 1.807) is 7.11 Å². The van der Waals surface area contributed by atoms with Crippen LogP contribution in [0, 0.1) is 0 Å². The Labute approximate surface area is 186 Å². The van der Waals surface area contributed by atoms with Crippen LogP contribution < -0.4 is 0 Å². The molecule has 0 spiro atoms. The van der Waals surface area contributed by atoms with E-state index < -0.39 is 0 Å². The number of benzene rings is 1. The van der Waals surface area contributed by atoms with E-state index in [0.29, 0.717) is 29.2 Å². The molecule has 1 saturated carbocycles. The van der Waals surface area contributed by atoms with Gasteiger partial charge in [0.2, 0.25) is 5.91 Å². The minimum absolute atomic E-state index is 0.169. The van der Waals surface area contributed by atoms with Gasteiger partial charge >= 0.3 is 0 Å². The van der Waals surface area contributed by atoms with E-state index in [1.807, 2.05) is 11.0 Å². The lowest BCUT2D eigenvalue weighted by Gasteiger charge is -2.25. The Kier molecular flexibility index (Phi) is 10.5. The molecule has 5 heteroatoms. The van der Waals surface area contributed by atoms with Gasteiger partial charge in [-0.15, -0.1) is 0 Å². The molecule has 1 aliphatic rings. The number of aryl methyl sites for hydroxylation is 1. The van der Waals surface area contributed by atoms with E-state index in [-0.39, 0.29) is 5.91 Å². The van der Waals surface area contributed by atoms with E-state index in [4.69, 9.17) is 27.9 Å². The summed E-state index contributed by atoms with van der Waals surface area (Å²) in [6.07, 6.45) is 11.2. The molecule has 2 rings (SSSR count). The number of hydrogen-bond donors (Lipinski definition) is 0. The second kappa shape index (κ2) is 12.6. The Balaban J connectivity index is 2.19. The van der Waals surface area contributed by atoms with E-state index >= 15 is 0 Å². The second-order valence-electron chi connectivity index (χ2n) is 7.91. The fourth-order valence-corrected chi connectivity index (χ4v) is 4.05. The van der Waals surface area contributed by atoms with E-state index in [0.717, 1.165) is 74.5 Å². The fraction of sp³-hybridized carbons (Fsp3) is 0.625. The number of rotatable bonds is 13. The van der Waals surface area contributed by atoms with Crippen molar-refractivity contribution < 1.29 is 9.53 Å². The third-order valence-electron chi connectivity index (χ3n) is 5.34. The molecule has 1 aliphatic carbocycles. The van der Waals surface area contributed by atoms with Crippen LogP contribution in [0.15, 0.2) is 23.8 Å². The van der Waals surface area contributed by atoms with Crippen LogP contribution in [0.1, 0.15) is 76.3 Å². The first-order valence-electron chi connectivity index (χ1n) is 11.0. The lowest BCUT2D eigenvalue weighted by Crippen LogP contribution is -2.34. The molecule has 0 atom stereocenters. The summed E-state index contributed by atoms with van der Waals surface area (Å²) in [7, 11) is 1.71. The molecule has 1 amide bonds. The van der Waals surface area contributed by atoms with Crippen molar-refractivity contribution in [3.63, 3.8) is 0 Å². The van der Waals surface area contributed by atoms with Crippen molar-refractivity contribution in [2.24, 2.45) is 0 Å². The molecule has 0 radical (unpaired) electrons. The van der Waals surface area contributed by atoms with Crippen molar-refractivity contribution in [2.45, 2.75) is 84.2 Å². The van der Waals surface area contributed by atoms with Gasteiger partial charge in [-0.1, -0.05) is 62.0 Å². The van der Waals surface area contributed by atoms with Crippen LogP contribution in [-0.4, -0.2) is 30.6 Å². The second-order valence-corrected chi connectivity index (χ2v) is 8.69. The van der Waals surface area contributed by atoms with Crippen LogP contribution >= 0.6 is 23.2 Å². The number of hydrogen-bond acceptors (Lipinski definition) is 2. The Bertz CT molecular complexity index is 698. The van der Waals surface area contributed by atoms with Gasteiger partial charge in [0.1, 0.15) is 0 Å². The molecule has 3 nitrogen and oxygen atoms in total. The van der Waals surface area contributed by atoms with Gasteiger partial charge in [-0.05, 0) is 62.1 Å². The van der Waals surface area contributed by atoms with E-state index in [1.165, 1.54) is 0 Å². The van der Waals surface area contributed by atoms with Crippen molar-refractivity contribution in [3.8, 4) is 0 Å². The Morgan fingerprint density at radius 1 is 1.21 bits per heavy atom. The molecular weight excluding hydrogens is 405 g/mol. The monoisotopic (exact) mass is 439 g/mol. The summed E-state index contributed by atoms with van der Waals surface area (Å²) < 4.78 is 5.15. The number of allylic oxidation sites excluding steroid dienone is 1. The number of methoxy groups -OCH3 is 1. The van der Waals surface area contributed by atoms with Gasteiger partial charge < -0.3 is 9.64 Å². The summed E-state index contributed by atoms with van der Waals surface area (Å²) in [5.41, 5.74) is 3.03. The summed E-state index contributed by atoms with van der Waals surface area (Å²) in [4.78, 5) is 15.4. The number of halogens is 2. The quantitative estimate of drug-likeness (QED) is 0.245. The number of amides is 1. The zero-order valence-electron chi connectivity index (χ0n) is 18.1. The molecule has 1 aromatic carbocycles. The standard InChI is InChI=1S/C24H35Cl2NO2/c1-4-6-7-11-19(9-5-2)24(28)27(21-12-13-21)17-20-15-18(10-8-14-29-3)16-22(25)23(20)26/h9,15-16,21H,4-8,10-14,17H2,1-3H3/b19-9-. The summed E-state index contributed by atoms with van der Waals surface area (Å²) in [5, 5.41) is 1.12. The average molecular weight is 440 g/mol. The lowest BCUT2D eigenvalue weighted by molar-refractivity contribution is -0.128. The van der Waals surface area contributed by atoms with Gasteiger partial charge in [0, 0.05) is 31.9 Å². The first-order valence-corrected chi connectivity index (χ1v) is 11.7. The van der Waals surface area contributed by atoms with Crippen molar-refractivity contribution in [1.29, 1.82) is 0 Å². The van der Waals surface area contributed by atoms with Crippen LogP contribution in [0.2, 0.25) is 10.0 Å². The number of nitrogens with zero attached hydrogens (tertiary/aromatic N) is 1. The van der Waals surface area contributed by atoms with Gasteiger partial charge in [0.05, 0.1) is 10.0 Å². The molecule has 0 saturated heterocycles. The van der Waals surface area contributed by atoms with Crippen LogP contribution in [0.4, 0.5) is 0 Å². The maximum atomic E-state index is 13.4. The van der Waals surface area contributed by atoms with E-state index in [9.17, 15) is 4.79 Å². The molecular formula is C24H35Cl2NO2. The third-order valence-corrected chi connectivity index (χ3v) is 6.18. The Hall–Kier alpha value is -1.03. The molecule has 0 heterocycles. The predicted octanol–water partition coefficient (Wildman–Crippen LogP) is 6.98. The van der Waals surface area contributed by atoms with Gasteiger partial charge in [-0.25, -0.2) is 0 Å².